The Labute approximate surface area is 162 Å². The second-order valence-corrected chi connectivity index (χ2v) is 7.51. The molecule has 150 valence electrons. The number of amides is 2. The number of primary sulfonamides is 1. The molecule has 2 amide bonds. The minimum absolute atomic E-state index is 0.136. The van der Waals surface area contributed by atoms with E-state index in [4.69, 9.17) is 16.7 Å². The number of nitrogens with two attached hydrogens (primary N) is 1. The second kappa shape index (κ2) is 8.17. The highest BCUT2D eigenvalue weighted by Gasteiger charge is 2.34. The van der Waals surface area contributed by atoms with Gasteiger partial charge in [0.25, 0.3) is 0 Å². The molecule has 4 N–H and O–H groups in total. The normalized spacial score (nSPS) is 11.8. The minimum atomic E-state index is -4.78. The molecule has 0 spiro atoms. The molecule has 0 saturated carbocycles. The molecule has 0 saturated heterocycles. The Morgan fingerprint density at radius 2 is 1.64 bits per heavy atom. The van der Waals surface area contributed by atoms with Crippen molar-refractivity contribution in [2.45, 2.75) is 17.6 Å². The fourth-order valence-corrected chi connectivity index (χ4v) is 2.79. The Bertz CT molecular complexity index is 1010. The van der Waals surface area contributed by atoms with Gasteiger partial charge in [0, 0.05) is 11.6 Å². The molecule has 2 aromatic rings. The monoisotopic (exact) mass is 435 g/mol. The smallest absolute Gasteiger partial charge is 0.344 e. The molecule has 2 rings (SSSR count). The van der Waals surface area contributed by atoms with E-state index in [0.29, 0.717) is 11.6 Å². The summed E-state index contributed by atoms with van der Waals surface area (Å²) < 4.78 is 61.3. The topological polar surface area (TPSA) is 118 Å². The highest BCUT2D eigenvalue weighted by molar-refractivity contribution is 7.89. The molecule has 2 aromatic carbocycles. The van der Waals surface area contributed by atoms with Crippen LogP contribution in [0, 0.1) is 0 Å². The van der Waals surface area contributed by atoms with Crippen LogP contribution in [0.3, 0.4) is 0 Å². The zero-order valence-electron chi connectivity index (χ0n) is 13.9. The number of halogens is 4. The molecule has 0 fully saturated rings. The van der Waals surface area contributed by atoms with Crippen molar-refractivity contribution < 1.29 is 31.2 Å². The minimum Gasteiger partial charge on any atom is -0.344 e. The van der Waals surface area contributed by atoms with Gasteiger partial charge in [-0.3, -0.25) is 9.59 Å². The number of carbonyl (C=O) groups excluding carboxylic acids is 2. The van der Waals surface area contributed by atoms with Crippen LogP contribution in [0.2, 0.25) is 5.02 Å². The van der Waals surface area contributed by atoms with E-state index in [0.717, 1.165) is 12.1 Å². The number of anilines is 1. The van der Waals surface area contributed by atoms with E-state index in [-0.39, 0.29) is 16.5 Å². The van der Waals surface area contributed by atoms with E-state index in [1.54, 1.807) is 0 Å². The van der Waals surface area contributed by atoms with Gasteiger partial charge in [0.2, 0.25) is 10.0 Å². The van der Waals surface area contributed by atoms with Crippen molar-refractivity contribution in [3.05, 3.63) is 58.6 Å². The summed E-state index contributed by atoms with van der Waals surface area (Å²) in [4.78, 5) is 23.6. The van der Waals surface area contributed by atoms with E-state index in [2.05, 4.69) is 5.32 Å². The Hall–Kier alpha value is -2.63. The van der Waals surface area contributed by atoms with Gasteiger partial charge in [-0.05, 0) is 35.9 Å². The third kappa shape index (κ3) is 5.68. The molecular formula is C16H13ClF3N3O4S. The van der Waals surface area contributed by atoms with Crippen LogP contribution in [0.4, 0.5) is 18.9 Å². The predicted octanol–water partition coefficient (Wildman–Crippen LogP) is 2.26. The van der Waals surface area contributed by atoms with Gasteiger partial charge in [0.15, 0.2) is 0 Å². The van der Waals surface area contributed by atoms with Crippen molar-refractivity contribution in [2.24, 2.45) is 5.14 Å². The average Bonchev–Trinajstić information content (AvgIpc) is 2.59. The van der Waals surface area contributed by atoms with Crippen LogP contribution in [-0.2, 0) is 32.3 Å². The number of carbonyl (C=O) groups is 2. The standard InChI is InChI=1S/C16H13ClF3N3O4S/c17-10-3-6-13(12(7-10)16(18,19)20)23-15(25)14(24)22-8-9-1-4-11(5-2-9)28(21,26)27/h1-7H,8H2,(H,22,24)(H,23,25)(H2,21,26,27). The molecule has 0 aliphatic carbocycles. The summed E-state index contributed by atoms with van der Waals surface area (Å²) >= 11 is 5.54. The Balaban J connectivity index is 2.03. The van der Waals surface area contributed by atoms with Crippen LogP contribution in [0.25, 0.3) is 0 Å². The van der Waals surface area contributed by atoms with Gasteiger partial charge in [0.05, 0.1) is 16.1 Å². The molecule has 0 aliphatic rings. The fourth-order valence-electron chi connectivity index (χ4n) is 2.10. The highest BCUT2D eigenvalue weighted by atomic mass is 35.5. The number of hydrogen-bond acceptors (Lipinski definition) is 4. The van der Waals surface area contributed by atoms with Crippen molar-refractivity contribution in [2.75, 3.05) is 5.32 Å². The van der Waals surface area contributed by atoms with E-state index in [9.17, 15) is 31.2 Å². The number of nitrogens with one attached hydrogen (secondary N) is 2. The van der Waals surface area contributed by atoms with Crippen LogP contribution in [0.5, 0.6) is 0 Å². The molecular weight excluding hydrogens is 423 g/mol. The summed E-state index contributed by atoms with van der Waals surface area (Å²) in [5.41, 5.74) is -1.37. The summed E-state index contributed by atoms with van der Waals surface area (Å²) in [6, 6.07) is 7.83. The lowest BCUT2D eigenvalue weighted by Crippen LogP contribution is -2.35. The van der Waals surface area contributed by atoms with Gasteiger partial charge in [-0.15, -0.1) is 0 Å². The van der Waals surface area contributed by atoms with Gasteiger partial charge < -0.3 is 10.6 Å². The van der Waals surface area contributed by atoms with Crippen molar-refractivity contribution in [3.8, 4) is 0 Å². The molecule has 7 nitrogen and oxygen atoms in total. The lowest BCUT2D eigenvalue weighted by atomic mass is 10.1. The summed E-state index contributed by atoms with van der Waals surface area (Å²) in [6.45, 7) is -0.163. The first-order valence-corrected chi connectivity index (χ1v) is 9.38. The molecule has 0 aliphatic heterocycles. The van der Waals surface area contributed by atoms with Crippen LogP contribution >= 0.6 is 11.6 Å². The maximum absolute atomic E-state index is 13.0. The molecule has 0 heterocycles. The quantitative estimate of drug-likeness (QED) is 0.638. The Morgan fingerprint density at radius 1 is 1.04 bits per heavy atom. The Kier molecular flexibility index (Phi) is 6.32. The molecule has 0 aromatic heterocycles. The molecule has 0 bridgehead atoms. The first kappa shape index (κ1) is 21.7. The fraction of sp³-hybridized carbons (Fsp3) is 0.125. The molecule has 0 radical (unpaired) electrons. The summed E-state index contributed by atoms with van der Waals surface area (Å²) in [5, 5.41) is 8.86. The molecule has 12 heteroatoms. The van der Waals surface area contributed by atoms with Gasteiger partial charge in [-0.1, -0.05) is 23.7 Å². The van der Waals surface area contributed by atoms with Crippen LogP contribution in [0.15, 0.2) is 47.4 Å². The summed E-state index contributed by atoms with van der Waals surface area (Å²) in [5.74, 6) is -2.49. The predicted molar refractivity (Wildman–Crippen MR) is 94.7 cm³/mol. The zero-order chi connectivity index (χ0) is 21.1. The van der Waals surface area contributed by atoms with Crippen LogP contribution in [0.1, 0.15) is 11.1 Å². The lowest BCUT2D eigenvalue weighted by molar-refractivity contribution is -0.138. The largest absolute Gasteiger partial charge is 0.418 e. The SMILES string of the molecule is NS(=O)(=O)c1ccc(CNC(=O)C(=O)Nc2ccc(Cl)cc2C(F)(F)F)cc1. The van der Waals surface area contributed by atoms with Crippen LogP contribution < -0.4 is 15.8 Å². The number of alkyl halides is 3. The van der Waals surface area contributed by atoms with E-state index < -0.39 is 39.3 Å². The Morgan fingerprint density at radius 3 is 2.18 bits per heavy atom. The zero-order valence-corrected chi connectivity index (χ0v) is 15.5. The first-order valence-electron chi connectivity index (χ1n) is 7.45. The number of rotatable bonds is 4. The third-order valence-electron chi connectivity index (χ3n) is 3.45. The first-order chi connectivity index (χ1) is 12.9. The summed E-state index contributed by atoms with van der Waals surface area (Å²) in [6.07, 6.45) is -4.78. The number of sulfonamides is 1. The highest BCUT2D eigenvalue weighted by Crippen LogP contribution is 2.36. The summed E-state index contributed by atoms with van der Waals surface area (Å²) in [7, 11) is -3.87. The van der Waals surface area contributed by atoms with E-state index >= 15 is 0 Å². The number of benzene rings is 2. The van der Waals surface area contributed by atoms with E-state index in [1.807, 2.05) is 5.32 Å². The van der Waals surface area contributed by atoms with Crippen LogP contribution in [-0.4, -0.2) is 20.2 Å². The second-order valence-electron chi connectivity index (χ2n) is 5.51. The van der Waals surface area contributed by atoms with Gasteiger partial charge in [0.1, 0.15) is 0 Å². The van der Waals surface area contributed by atoms with Crippen molar-refractivity contribution in [1.82, 2.24) is 5.32 Å². The van der Waals surface area contributed by atoms with Gasteiger partial charge >= 0.3 is 18.0 Å². The van der Waals surface area contributed by atoms with Gasteiger partial charge in [-0.25, -0.2) is 13.6 Å². The van der Waals surface area contributed by atoms with Crippen molar-refractivity contribution in [1.29, 1.82) is 0 Å². The van der Waals surface area contributed by atoms with Gasteiger partial charge in [-0.2, -0.15) is 13.2 Å². The third-order valence-corrected chi connectivity index (χ3v) is 4.61. The average molecular weight is 436 g/mol. The van der Waals surface area contributed by atoms with E-state index in [1.165, 1.54) is 24.3 Å². The molecule has 0 atom stereocenters. The lowest BCUT2D eigenvalue weighted by Gasteiger charge is -2.14. The molecule has 0 unspecified atom stereocenters. The maximum Gasteiger partial charge on any atom is 0.418 e. The van der Waals surface area contributed by atoms with Crippen molar-refractivity contribution in [3.63, 3.8) is 0 Å². The number of hydrogen-bond donors (Lipinski definition) is 3. The molecule has 28 heavy (non-hydrogen) atoms. The van der Waals surface area contributed by atoms with Crippen molar-refractivity contribution >= 4 is 39.1 Å². The maximum atomic E-state index is 13.0.